The molecule has 0 aromatic carbocycles. The van der Waals surface area contributed by atoms with Crippen LogP contribution >= 0.6 is 23.1 Å². The van der Waals surface area contributed by atoms with Gasteiger partial charge in [-0.1, -0.05) is 0 Å². The second-order valence-corrected chi connectivity index (χ2v) is 6.93. The minimum atomic E-state index is 0.890. The standard InChI is InChI=1S/C13H22N2S2/c1-11-4-8-17-13(11)10-15-7-9-16-12-2-5-14-6-3-12/h4,8,12,14-15H,2-3,5-7,9-10H2,1H3. The van der Waals surface area contributed by atoms with E-state index in [4.69, 9.17) is 0 Å². The molecule has 0 aliphatic carbocycles. The van der Waals surface area contributed by atoms with E-state index in [9.17, 15) is 0 Å². The molecule has 1 aliphatic rings. The zero-order valence-corrected chi connectivity index (χ0v) is 12.1. The maximum atomic E-state index is 3.54. The number of aryl methyl sites for hydroxylation is 1. The molecule has 1 fully saturated rings. The van der Waals surface area contributed by atoms with Crippen LogP contribution in [0, 0.1) is 6.92 Å². The van der Waals surface area contributed by atoms with Gasteiger partial charge in [-0.15, -0.1) is 11.3 Å². The first-order valence-corrected chi connectivity index (χ1v) is 8.35. The van der Waals surface area contributed by atoms with E-state index in [1.165, 1.54) is 42.1 Å². The molecular formula is C13H22N2S2. The molecule has 2 nitrogen and oxygen atoms in total. The molecule has 0 spiro atoms. The van der Waals surface area contributed by atoms with Gasteiger partial charge in [0.15, 0.2) is 0 Å². The van der Waals surface area contributed by atoms with Crippen LogP contribution in [0.4, 0.5) is 0 Å². The van der Waals surface area contributed by atoms with Gasteiger partial charge in [0.05, 0.1) is 0 Å². The Morgan fingerprint density at radius 2 is 2.29 bits per heavy atom. The number of nitrogens with one attached hydrogen (secondary N) is 2. The van der Waals surface area contributed by atoms with E-state index >= 15 is 0 Å². The highest BCUT2D eigenvalue weighted by Crippen LogP contribution is 2.19. The van der Waals surface area contributed by atoms with Gasteiger partial charge in [-0.3, -0.25) is 0 Å². The third-order valence-electron chi connectivity index (χ3n) is 3.17. The lowest BCUT2D eigenvalue weighted by Gasteiger charge is -2.21. The van der Waals surface area contributed by atoms with Crippen molar-refractivity contribution in [3.63, 3.8) is 0 Å². The Bertz CT molecular complexity index is 319. The third-order valence-corrected chi connectivity index (χ3v) is 5.58. The number of piperidine rings is 1. The maximum absolute atomic E-state index is 3.54. The van der Waals surface area contributed by atoms with Crippen LogP contribution in [0.3, 0.4) is 0 Å². The molecule has 96 valence electrons. The van der Waals surface area contributed by atoms with Crippen molar-refractivity contribution in [2.45, 2.75) is 31.6 Å². The normalized spacial score (nSPS) is 17.5. The molecule has 4 heteroatoms. The van der Waals surface area contributed by atoms with Crippen molar-refractivity contribution in [3.8, 4) is 0 Å². The monoisotopic (exact) mass is 270 g/mol. The van der Waals surface area contributed by atoms with Gasteiger partial charge in [-0.2, -0.15) is 11.8 Å². The predicted octanol–water partition coefficient (Wildman–Crippen LogP) is 2.63. The van der Waals surface area contributed by atoms with E-state index in [1.54, 1.807) is 0 Å². The predicted molar refractivity (Wildman–Crippen MR) is 79.1 cm³/mol. The van der Waals surface area contributed by atoms with Crippen molar-refractivity contribution in [1.29, 1.82) is 0 Å². The highest BCUT2D eigenvalue weighted by Gasteiger charge is 2.12. The number of rotatable bonds is 6. The van der Waals surface area contributed by atoms with Gasteiger partial charge in [-0.25, -0.2) is 0 Å². The quantitative estimate of drug-likeness (QED) is 0.777. The molecule has 0 amide bonds. The number of thioether (sulfide) groups is 1. The summed E-state index contributed by atoms with van der Waals surface area (Å²) in [5.41, 5.74) is 1.42. The van der Waals surface area contributed by atoms with Crippen molar-refractivity contribution in [2.75, 3.05) is 25.4 Å². The fraction of sp³-hybridized carbons (Fsp3) is 0.692. The van der Waals surface area contributed by atoms with Crippen LogP contribution in [0.2, 0.25) is 0 Å². The molecule has 1 saturated heterocycles. The number of hydrogen-bond donors (Lipinski definition) is 2. The highest BCUT2D eigenvalue weighted by atomic mass is 32.2. The van der Waals surface area contributed by atoms with Crippen LogP contribution in [0.25, 0.3) is 0 Å². The van der Waals surface area contributed by atoms with Crippen LogP contribution in [-0.2, 0) is 6.54 Å². The molecule has 0 radical (unpaired) electrons. The fourth-order valence-electron chi connectivity index (χ4n) is 2.05. The Morgan fingerprint density at radius 3 is 3.00 bits per heavy atom. The van der Waals surface area contributed by atoms with Gasteiger partial charge in [-0.05, 0) is 49.9 Å². The summed E-state index contributed by atoms with van der Waals surface area (Å²) < 4.78 is 0. The van der Waals surface area contributed by atoms with Crippen LogP contribution in [0.15, 0.2) is 11.4 Å². The molecule has 0 bridgehead atoms. The van der Waals surface area contributed by atoms with Gasteiger partial charge in [0.1, 0.15) is 0 Å². The van der Waals surface area contributed by atoms with Gasteiger partial charge < -0.3 is 10.6 Å². The molecular weight excluding hydrogens is 248 g/mol. The Balaban J connectivity index is 1.53. The summed E-state index contributed by atoms with van der Waals surface area (Å²) in [5, 5.41) is 10.0. The smallest absolute Gasteiger partial charge is 0.0302 e. The van der Waals surface area contributed by atoms with Crippen molar-refractivity contribution in [1.82, 2.24) is 10.6 Å². The maximum Gasteiger partial charge on any atom is 0.0302 e. The Morgan fingerprint density at radius 1 is 1.47 bits per heavy atom. The molecule has 1 aromatic rings. The summed E-state index contributed by atoms with van der Waals surface area (Å²) in [4.78, 5) is 1.48. The van der Waals surface area contributed by atoms with Crippen molar-refractivity contribution in [2.24, 2.45) is 0 Å². The van der Waals surface area contributed by atoms with E-state index in [2.05, 4.69) is 40.8 Å². The molecule has 2 heterocycles. The van der Waals surface area contributed by atoms with Crippen molar-refractivity contribution < 1.29 is 0 Å². The molecule has 0 atom stereocenters. The molecule has 2 N–H and O–H groups in total. The van der Waals surface area contributed by atoms with Gasteiger partial charge in [0.25, 0.3) is 0 Å². The van der Waals surface area contributed by atoms with E-state index in [-0.39, 0.29) is 0 Å². The molecule has 17 heavy (non-hydrogen) atoms. The second kappa shape index (κ2) is 7.41. The molecule has 0 unspecified atom stereocenters. The lowest BCUT2D eigenvalue weighted by molar-refractivity contribution is 0.531. The highest BCUT2D eigenvalue weighted by molar-refractivity contribution is 7.99. The van der Waals surface area contributed by atoms with E-state index in [1.807, 2.05) is 11.3 Å². The van der Waals surface area contributed by atoms with E-state index in [0.29, 0.717) is 0 Å². The summed E-state index contributed by atoms with van der Waals surface area (Å²) in [6, 6.07) is 2.20. The summed E-state index contributed by atoms with van der Waals surface area (Å²) >= 11 is 4.00. The van der Waals surface area contributed by atoms with Gasteiger partial charge >= 0.3 is 0 Å². The SMILES string of the molecule is Cc1ccsc1CNCCSC1CCNCC1. The van der Waals surface area contributed by atoms with Gasteiger partial charge in [0.2, 0.25) is 0 Å². The Hall–Kier alpha value is -0.0300. The third kappa shape index (κ3) is 4.62. The number of hydrogen-bond acceptors (Lipinski definition) is 4. The fourth-order valence-corrected chi connectivity index (χ4v) is 4.09. The average Bonchev–Trinajstić information content (AvgIpc) is 2.76. The minimum absolute atomic E-state index is 0.890. The lowest BCUT2D eigenvalue weighted by atomic mass is 10.2. The Kier molecular flexibility index (Phi) is 5.85. The molecule has 1 aliphatic heterocycles. The van der Waals surface area contributed by atoms with Crippen molar-refractivity contribution >= 4 is 23.1 Å². The van der Waals surface area contributed by atoms with Crippen LogP contribution < -0.4 is 10.6 Å². The first-order chi connectivity index (χ1) is 8.36. The first kappa shape index (κ1) is 13.4. The lowest BCUT2D eigenvalue weighted by Crippen LogP contribution is -2.30. The summed E-state index contributed by atoms with van der Waals surface area (Å²) in [6.07, 6.45) is 2.68. The Labute approximate surface area is 113 Å². The molecule has 0 saturated carbocycles. The van der Waals surface area contributed by atoms with Crippen molar-refractivity contribution in [3.05, 3.63) is 21.9 Å². The second-order valence-electron chi connectivity index (χ2n) is 4.52. The van der Waals surface area contributed by atoms with Crippen LogP contribution in [-0.4, -0.2) is 30.6 Å². The topological polar surface area (TPSA) is 24.1 Å². The summed E-state index contributed by atoms with van der Waals surface area (Å²) in [5.74, 6) is 1.25. The largest absolute Gasteiger partial charge is 0.317 e. The minimum Gasteiger partial charge on any atom is -0.317 e. The van der Waals surface area contributed by atoms with Crippen LogP contribution in [0.5, 0.6) is 0 Å². The molecule has 2 rings (SSSR count). The van der Waals surface area contributed by atoms with E-state index in [0.717, 1.165) is 18.3 Å². The molecule has 1 aromatic heterocycles. The summed E-state index contributed by atoms with van der Waals surface area (Å²) in [7, 11) is 0. The zero-order chi connectivity index (χ0) is 11.9. The number of thiophene rings is 1. The van der Waals surface area contributed by atoms with Gasteiger partial charge in [0, 0.05) is 29.0 Å². The zero-order valence-electron chi connectivity index (χ0n) is 10.5. The van der Waals surface area contributed by atoms with Crippen LogP contribution in [0.1, 0.15) is 23.3 Å². The first-order valence-electron chi connectivity index (χ1n) is 6.42. The summed E-state index contributed by atoms with van der Waals surface area (Å²) in [6.45, 7) is 6.78. The van der Waals surface area contributed by atoms with E-state index < -0.39 is 0 Å². The average molecular weight is 270 g/mol.